The van der Waals surface area contributed by atoms with Crippen molar-refractivity contribution in [1.82, 2.24) is 10.6 Å². The molecule has 5 nitrogen and oxygen atoms in total. The van der Waals surface area contributed by atoms with Gasteiger partial charge in [0.05, 0.1) is 10.0 Å². The fourth-order valence-electron chi connectivity index (χ4n) is 2.33. The number of carbonyl (C=O) groups is 1. The summed E-state index contributed by atoms with van der Waals surface area (Å²) >= 11 is 12.0. The van der Waals surface area contributed by atoms with E-state index in [1.54, 1.807) is 18.2 Å². The summed E-state index contributed by atoms with van der Waals surface area (Å²) in [6.07, 6.45) is 5.52. The van der Waals surface area contributed by atoms with Crippen LogP contribution in [0.25, 0.3) is 0 Å². The second kappa shape index (κ2) is 7.52. The predicted octanol–water partition coefficient (Wildman–Crippen LogP) is 3.57. The Morgan fingerprint density at radius 2 is 1.81 bits per heavy atom. The smallest absolute Gasteiger partial charge is 0.321 e. The van der Waals surface area contributed by atoms with Crippen LogP contribution in [0.3, 0.4) is 0 Å². The Morgan fingerprint density at radius 3 is 2.43 bits per heavy atom. The van der Waals surface area contributed by atoms with Crippen molar-refractivity contribution >= 4 is 40.9 Å². The predicted molar refractivity (Wildman–Crippen MR) is 86.3 cm³/mol. The zero-order chi connectivity index (χ0) is 15.2. The lowest BCUT2D eigenvalue weighted by atomic mass is 9.96. The molecule has 4 N–H and O–H groups in total. The van der Waals surface area contributed by atoms with Crippen LogP contribution in [0.1, 0.15) is 32.1 Å². The first-order valence-corrected chi connectivity index (χ1v) is 7.67. The Kier molecular flexibility index (Phi) is 5.70. The first-order chi connectivity index (χ1) is 10.1. The van der Waals surface area contributed by atoms with Crippen molar-refractivity contribution in [3.8, 4) is 0 Å². The Morgan fingerprint density at radius 1 is 1.19 bits per heavy atom. The van der Waals surface area contributed by atoms with Crippen LogP contribution in [0, 0.1) is 0 Å². The van der Waals surface area contributed by atoms with Gasteiger partial charge in [-0.05, 0) is 25.0 Å². The monoisotopic (exact) mass is 328 g/mol. The van der Waals surface area contributed by atoms with Crippen molar-refractivity contribution in [3.05, 3.63) is 28.2 Å². The highest BCUT2D eigenvalue weighted by atomic mass is 35.5. The Labute approximate surface area is 133 Å². The molecule has 0 heterocycles. The average molecular weight is 329 g/mol. The molecule has 1 aliphatic rings. The minimum Gasteiger partial charge on any atom is -0.369 e. The van der Waals surface area contributed by atoms with E-state index in [0.29, 0.717) is 15.7 Å². The molecular weight excluding hydrogens is 311 g/mol. The molecule has 1 aliphatic carbocycles. The van der Waals surface area contributed by atoms with Crippen molar-refractivity contribution in [2.24, 2.45) is 10.7 Å². The lowest BCUT2D eigenvalue weighted by Gasteiger charge is -2.22. The van der Waals surface area contributed by atoms with Crippen LogP contribution in [0.15, 0.2) is 23.2 Å². The summed E-state index contributed by atoms with van der Waals surface area (Å²) in [4.78, 5) is 15.9. The van der Waals surface area contributed by atoms with Crippen molar-refractivity contribution in [3.63, 3.8) is 0 Å². The van der Waals surface area contributed by atoms with Crippen molar-refractivity contribution in [2.45, 2.75) is 38.1 Å². The molecule has 0 radical (unpaired) electrons. The third-order valence-electron chi connectivity index (χ3n) is 3.35. The summed E-state index contributed by atoms with van der Waals surface area (Å²) in [5.41, 5.74) is 6.05. The van der Waals surface area contributed by atoms with Gasteiger partial charge in [-0.2, -0.15) is 0 Å². The Balaban J connectivity index is 1.95. The quantitative estimate of drug-likeness (QED) is 0.573. The molecule has 1 aromatic carbocycles. The highest BCUT2D eigenvalue weighted by Crippen LogP contribution is 2.32. The highest BCUT2D eigenvalue weighted by molar-refractivity contribution is 6.38. The summed E-state index contributed by atoms with van der Waals surface area (Å²) in [6, 6.07) is 4.87. The largest absolute Gasteiger partial charge is 0.369 e. The van der Waals surface area contributed by atoms with Crippen molar-refractivity contribution < 1.29 is 4.79 Å². The number of amides is 2. The number of guanidine groups is 1. The SMILES string of the molecule is NC(=Nc1c(Cl)cccc1Cl)NC(=O)NC1CCCCC1. The van der Waals surface area contributed by atoms with E-state index < -0.39 is 0 Å². The molecule has 0 aliphatic heterocycles. The Bertz CT molecular complexity index is 522. The van der Waals surface area contributed by atoms with Gasteiger partial charge in [-0.25, -0.2) is 9.79 Å². The number of nitrogens with one attached hydrogen (secondary N) is 2. The van der Waals surface area contributed by atoms with Gasteiger partial charge in [0.25, 0.3) is 0 Å². The maximum Gasteiger partial charge on any atom is 0.321 e. The molecule has 7 heteroatoms. The van der Waals surface area contributed by atoms with Crippen LogP contribution in [-0.2, 0) is 0 Å². The molecule has 114 valence electrons. The van der Waals surface area contributed by atoms with Gasteiger partial charge in [0.1, 0.15) is 5.69 Å². The lowest BCUT2D eigenvalue weighted by Crippen LogP contribution is -2.47. The number of aliphatic imine (C=N–C) groups is 1. The summed E-state index contributed by atoms with van der Waals surface area (Å²) in [5.74, 6) is -0.0432. The summed E-state index contributed by atoms with van der Waals surface area (Å²) in [5, 5.41) is 6.13. The highest BCUT2D eigenvalue weighted by Gasteiger charge is 2.16. The number of rotatable bonds is 2. The fourth-order valence-corrected chi connectivity index (χ4v) is 2.81. The van der Waals surface area contributed by atoms with Crippen LogP contribution in [0.2, 0.25) is 10.0 Å². The number of benzene rings is 1. The van der Waals surface area contributed by atoms with Gasteiger partial charge in [-0.3, -0.25) is 5.32 Å². The second-order valence-electron chi connectivity index (χ2n) is 5.00. The van der Waals surface area contributed by atoms with E-state index in [4.69, 9.17) is 28.9 Å². The van der Waals surface area contributed by atoms with Gasteiger partial charge in [0.15, 0.2) is 0 Å². The van der Waals surface area contributed by atoms with Crippen LogP contribution >= 0.6 is 23.2 Å². The topological polar surface area (TPSA) is 79.5 Å². The molecule has 2 rings (SSSR count). The third kappa shape index (κ3) is 4.79. The molecule has 0 bridgehead atoms. The van der Waals surface area contributed by atoms with E-state index >= 15 is 0 Å². The van der Waals surface area contributed by atoms with Crippen LogP contribution < -0.4 is 16.4 Å². The molecule has 0 atom stereocenters. The maximum atomic E-state index is 11.8. The second-order valence-corrected chi connectivity index (χ2v) is 5.82. The van der Waals surface area contributed by atoms with E-state index in [1.807, 2.05) is 0 Å². The number of halogens is 2. The molecule has 1 fully saturated rings. The summed E-state index contributed by atoms with van der Waals surface area (Å²) in [6.45, 7) is 0. The normalized spacial score (nSPS) is 16.6. The molecular formula is C14H18Cl2N4O. The Hall–Kier alpha value is -1.46. The minimum atomic E-state index is -0.355. The first-order valence-electron chi connectivity index (χ1n) is 6.92. The van der Waals surface area contributed by atoms with Crippen LogP contribution in [0.5, 0.6) is 0 Å². The molecule has 1 aromatic rings. The van der Waals surface area contributed by atoms with E-state index in [1.165, 1.54) is 6.42 Å². The van der Waals surface area contributed by atoms with Crippen molar-refractivity contribution in [2.75, 3.05) is 0 Å². The number of hydrogen-bond donors (Lipinski definition) is 3. The molecule has 0 spiro atoms. The third-order valence-corrected chi connectivity index (χ3v) is 3.96. The number of para-hydroxylation sites is 1. The molecule has 21 heavy (non-hydrogen) atoms. The van der Waals surface area contributed by atoms with Crippen LogP contribution in [-0.4, -0.2) is 18.0 Å². The zero-order valence-corrected chi connectivity index (χ0v) is 13.0. The van der Waals surface area contributed by atoms with Gasteiger partial charge in [0.2, 0.25) is 5.96 Å². The van der Waals surface area contributed by atoms with Gasteiger partial charge in [0, 0.05) is 6.04 Å². The van der Waals surface area contributed by atoms with Gasteiger partial charge in [-0.15, -0.1) is 0 Å². The summed E-state index contributed by atoms with van der Waals surface area (Å²) < 4.78 is 0. The summed E-state index contributed by atoms with van der Waals surface area (Å²) in [7, 11) is 0. The average Bonchev–Trinajstić information content (AvgIpc) is 2.44. The maximum absolute atomic E-state index is 11.8. The molecule has 1 saturated carbocycles. The van der Waals surface area contributed by atoms with Gasteiger partial charge < -0.3 is 11.1 Å². The number of nitrogens with two attached hydrogens (primary N) is 1. The van der Waals surface area contributed by atoms with Gasteiger partial charge >= 0.3 is 6.03 Å². The lowest BCUT2D eigenvalue weighted by molar-refractivity contribution is 0.237. The minimum absolute atomic E-state index is 0.0432. The zero-order valence-electron chi connectivity index (χ0n) is 11.5. The number of hydrogen-bond acceptors (Lipinski definition) is 2. The molecule has 0 unspecified atom stereocenters. The van der Waals surface area contributed by atoms with E-state index in [-0.39, 0.29) is 18.0 Å². The van der Waals surface area contributed by atoms with E-state index in [2.05, 4.69) is 15.6 Å². The first kappa shape index (κ1) is 15.9. The standard InChI is InChI=1S/C14H18Cl2N4O/c15-10-7-4-8-11(16)12(10)19-13(17)20-14(21)18-9-5-2-1-3-6-9/h4,7-9H,1-3,5-6H2,(H4,17,18,19,20,21). The van der Waals surface area contributed by atoms with E-state index in [9.17, 15) is 4.79 Å². The molecule has 0 saturated heterocycles. The van der Waals surface area contributed by atoms with E-state index in [0.717, 1.165) is 25.7 Å². The molecule has 0 aromatic heterocycles. The number of urea groups is 1. The number of carbonyl (C=O) groups excluding carboxylic acids is 1. The van der Waals surface area contributed by atoms with Crippen molar-refractivity contribution in [1.29, 1.82) is 0 Å². The molecule has 2 amide bonds. The van der Waals surface area contributed by atoms with Gasteiger partial charge in [-0.1, -0.05) is 48.5 Å². The number of nitrogens with zero attached hydrogens (tertiary/aromatic N) is 1. The van der Waals surface area contributed by atoms with Crippen LogP contribution in [0.4, 0.5) is 10.5 Å². The fraction of sp³-hybridized carbons (Fsp3) is 0.429.